The number of aromatic nitrogens is 1. The second kappa shape index (κ2) is 13.4. The van der Waals surface area contributed by atoms with Gasteiger partial charge in [0.05, 0.1) is 19.6 Å². The number of benzene rings is 2. The lowest BCUT2D eigenvalue weighted by Gasteiger charge is -2.28. The van der Waals surface area contributed by atoms with Gasteiger partial charge in [0.25, 0.3) is 0 Å². The molecule has 1 aromatic heterocycles. The van der Waals surface area contributed by atoms with Crippen molar-refractivity contribution in [2.45, 2.75) is 46.1 Å². The Balaban J connectivity index is 1.72. The lowest BCUT2D eigenvalue weighted by molar-refractivity contribution is -0.146. The lowest BCUT2D eigenvalue weighted by atomic mass is 10.1. The SMILES string of the molecule is CCCN(CC(=O)N(CCc1c[nH]c2ccccc12)Cc1ccc(F)cc1)C(=O)CCC(=O)OCC. The molecule has 8 heteroatoms. The standard InChI is InChI=1S/C28H34FN3O4/c1-3-16-31(26(33)13-14-28(35)36-4-2)20-27(34)32(19-21-9-11-23(29)12-10-21)17-15-22-18-30-25-8-6-5-7-24(22)25/h5-12,18,30H,3-4,13-17,19-20H2,1-2H3. The van der Waals surface area contributed by atoms with Gasteiger partial charge in [-0.15, -0.1) is 0 Å². The van der Waals surface area contributed by atoms with Crippen molar-refractivity contribution in [1.29, 1.82) is 0 Å². The molecule has 0 aliphatic rings. The maximum atomic E-state index is 13.4. The van der Waals surface area contributed by atoms with Crippen LogP contribution in [0.1, 0.15) is 44.2 Å². The number of fused-ring (bicyclic) bond motifs is 1. The number of hydrogen-bond donors (Lipinski definition) is 1. The van der Waals surface area contributed by atoms with E-state index in [0.717, 1.165) is 22.0 Å². The zero-order valence-electron chi connectivity index (χ0n) is 21.0. The molecule has 0 radical (unpaired) electrons. The molecule has 0 saturated heterocycles. The molecule has 0 fully saturated rings. The molecule has 0 saturated carbocycles. The van der Waals surface area contributed by atoms with Crippen LogP contribution in [0.2, 0.25) is 0 Å². The van der Waals surface area contributed by atoms with Crippen molar-refractivity contribution in [3.05, 3.63) is 71.7 Å². The van der Waals surface area contributed by atoms with Crippen molar-refractivity contribution in [2.75, 3.05) is 26.2 Å². The first-order valence-corrected chi connectivity index (χ1v) is 12.4. The number of carbonyl (C=O) groups excluding carboxylic acids is 3. The second-order valence-corrected chi connectivity index (χ2v) is 8.67. The zero-order chi connectivity index (χ0) is 25.9. The van der Waals surface area contributed by atoms with Gasteiger partial charge < -0.3 is 19.5 Å². The number of nitrogens with one attached hydrogen (secondary N) is 1. The third-order valence-corrected chi connectivity index (χ3v) is 5.99. The van der Waals surface area contributed by atoms with Crippen LogP contribution in [-0.2, 0) is 32.1 Å². The zero-order valence-corrected chi connectivity index (χ0v) is 21.0. The summed E-state index contributed by atoms with van der Waals surface area (Å²) in [5.41, 5.74) is 2.93. The molecule has 1 N–H and O–H groups in total. The Morgan fingerprint density at radius 3 is 2.39 bits per heavy atom. The van der Waals surface area contributed by atoms with Gasteiger partial charge in [-0.2, -0.15) is 0 Å². The Hall–Kier alpha value is -3.68. The monoisotopic (exact) mass is 495 g/mol. The summed E-state index contributed by atoms with van der Waals surface area (Å²) in [6, 6.07) is 14.1. The van der Waals surface area contributed by atoms with Gasteiger partial charge in [0, 0.05) is 43.2 Å². The van der Waals surface area contributed by atoms with E-state index >= 15 is 0 Å². The fourth-order valence-corrected chi connectivity index (χ4v) is 4.12. The van der Waals surface area contributed by atoms with Crippen LogP contribution in [-0.4, -0.2) is 58.8 Å². The van der Waals surface area contributed by atoms with Gasteiger partial charge in [-0.3, -0.25) is 14.4 Å². The minimum absolute atomic E-state index is 0.000581. The minimum atomic E-state index is -0.426. The van der Waals surface area contributed by atoms with Crippen LogP contribution in [0.25, 0.3) is 10.9 Å². The molecule has 192 valence electrons. The number of rotatable bonds is 13. The summed E-state index contributed by atoms with van der Waals surface area (Å²) in [5.74, 6) is -1.21. The molecule has 36 heavy (non-hydrogen) atoms. The van der Waals surface area contributed by atoms with E-state index < -0.39 is 5.97 Å². The van der Waals surface area contributed by atoms with E-state index in [4.69, 9.17) is 4.74 Å². The number of halogens is 1. The highest BCUT2D eigenvalue weighted by Gasteiger charge is 2.22. The minimum Gasteiger partial charge on any atom is -0.466 e. The highest BCUT2D eigenvalue weighted by Crippen LogP contribution is 2.19. The molecule has 2 aromatic carbocycles. The maximum Gasteiger partial charge on any atom is 0.306 e. The van der Waals surface area contributed by atoms with Crippen molar-refractivity contribution in [3.8, 4) is 0 Å². The third-order valence-electron chi connectivity index (χ3n) is 5.99. The normalized spacial score (nSPS) is 10.9. The van der Waals surface area contributed by atoms with Crippen LogP contribution < -0.4 is 0 Å². The molecule has 3 aromatic rings. The molecule has 1 heterocycles. The Labute approximate surface area is 211 Å². The highest BCUT2D eigenvalue weighted by atomic mass is 19.1. The highest BCUT2D eigenvalue weighted by molar-refractivity contribution is 5.87. The number of nitrogens with zero attached hydrogens (tertiary/aromatic N) is 2. The number of amides is 2. The van der Waals surface area contributed by atoms with Crippen LogP contribution in [0.15, 0.2) is 54.7 Å². The summed E-state index contributed by atoms with van der Waals surface area (Å²) in [4.78, 5) is 44.4. The second-order valence-electron chi connectivity index (χ2n) is 8.67. The summed E-state index contributed by atoms with van der Waals surface area (Å²) in [5, 5.41) is 1.11. The molecule has 0 aliphatic carbocycles. The number of para-hydroxylation sites is 1. The fourth-order valence-electron chi connectivity index (χ4n) is 4.12. The van der Waals surface area contributed by atoms with E-state index in [-0.39, 0.29) is 43.6 Å². The summed E-state index contributed by atoms with van der Waals surface area (Å²) in [6.07, 6.45) is 3.25. The summed E-state index contributed by atoms with van der Waals surface area (Å²) < 4.78 is 18.3. The molecule has 2 amide bonds. The van der Waals surface area contributed by atoms with Crippen LogP contribution in [0.5, 0.6) is 0 Å². The van der Waals surface area contributed by atoms with E-state index in [1.807, 2.05) is 37.4 Å². The van der Waals surface area contributed by atoms with Crippen LogP contribution in [0, 0.1) is 5.82 Å². The third kappa shape index (κ3) is 7.66. The van der Waals surface area contributed by atoms with Gasteiger partial charge >= 0.3 is 5.97 Å². The maximum absolute atomic E-state index is 13.4. The average molecular weight is 496 g/mol. The summed E-state index contributed by atoms with van der Waals surface area (Å²) >= 11 is 0. The van der Waals surface area contributed by atoms with Gasteiger partial charge in [-0.05, 0) is 49.1 Å². The van der Waals surface area contributed by atoms with E-state index in [1.165, 1.54) is 17.0 Å². The van der Waals surface area contributed by atoms with Crippen molar-refractivity contribution >= 4 is 28.7 Å². The quantitative estimate of drug-likeness (QED) is 0.355. The van der Waals surface area contributed by atoms with Crippen LogP contribution in [0.4, 0.5) is 4.39 Å². The fraction of sp³-hybridized carbons (Fsp3) is 0.393. The van der Waals surface area contributed by atoms with Crippen LogP contribution in [0.3, 0.4) is 0 Å². The molecule has 7 nitrogen and oxygen atoms in total. The Kier molecular flexibility index (Phi) is 10.0. The first-order chi connectivity index (χ1) is 17.4. The van der Waals surface area contributed by atoms with Crippen molar-refractivity contribution in [2.24, 2.45) is 0 Å². The van der Waals surface area contributed by atoms with Gasteiger partial charge in [-0.1, -0.05) is 37.3 Å². The Morgan fingerprint density at radius 1 is 0.917 bits per heavy atom. The molecule has 3 rings (SSSR count). The molecule has 0 spiro atoms. The number of esters is 1. The first kappa shape index (κ1) is 26.9. The smallest absolute Gasteiger partial charge is 0.306 e. The summed E-state index contributed by atoms with van der Waals surface area (Å²) in [7, 11) is 0. The van der Waals surface area contributed by atoms with Gasteiger partial charge in [0.15, 0.2) is 0 Å². The molecule has 0 aliphatic heterocycles. The Bertz CT molecular complexity index is 1160. The van der Waals surface area contributed by atoms with E-state index in [9.17, 15) is 18.8 Å². The number of hydrogen-bond acceptors (Lipinski definition) is 4. The molecular weight excluding hydrogens is 461 g/mol. The van der Waals surface area contributed by atoms with Crippen LogP contribution >= 0.6 is 0 Å². The van der Waals surface area contributed by atoms with Gasteiger partial charge in [0.2, 0.25) is 11.8 Å². The van der Waals surface area contributed by atoms with E-state index in [1.54, 1.807) is 24.0 Å². The predicted molar refractivity (Wildman–Crippen MR) is 137 cm³/mol. The summed E-state index contributed by atoms with van der Waals surface area (Å²) in [6.45, 7) is 4.99. The lowest BCUT2D eigenvalue weighted by Crippen LogP contribution is -2.43. The Morgan fingerprint density at radius 2 is 1.67 bits per heavy atom. The van der Waals surface area contributed by atoms with Gasteiger partial charge in [-0.25, -0.2) is 4.39 Å². The first-order valence-electron chi connectivity index (χ1n) is 12.4. The molecule has 0 bridgehead atoms. The molecular formula is C28H34FN3O4. The average Bonchev–Trinajstić information content (AvgIpc) is 3.29. The number of H-pyrrole nitrogens is 1. The number of aromatic amines is 1. The largest absolute Gasteiger partial charge is 0.466 e. The van der Waals surface area contributed by atoms with E-state index in [2.05, 4.69) is 4.98 Å². The van der Waals surface area contributed by atoms with Crippen molar-refractivity contribution in [3.63, 3.8) is 0 Å². The number of carbonyl (C=O) groups is 3. The predicted octanol–water partition coefficient (Wildman–Crippen LogP) is 4.46. The topological polar surface area (TPSA) is 82.7 Å². The number of ether oxygens (including phenoxy) is 1. The van der Waals surface area contributed by atoms with E-state index in [0.29, 0.717) is 32.5 Å². The van der Waals surface area contributed by atoms with Crippen molar-refractivity contribution in [1.82, 2.24) is 14.8 Å². The molecule has 0 unspecified atom stereocenters. The van der Waals surface area contributed by atoms with Gasteiger partial charge in [0.1, 0.15) is 5.82 Å². The van der Waals surface area contributed by atoms with Crippen molar-refractivity contribution < 1.29 is 23.5 Å². The molecule has 0 atom stereocenters.